The van der Waals surface area contributed by atoms with Gasteiger partial charge in [-0.15, -0.1) is 11.8 Å². The number of benzene rings is 4. The van der Waals surface area contributed by atoms with E-state index in [4.69, 9.17) is 0 Å². The maximum absolute atomic E-state index is 2.45. The summed E-state index contributed by atoms with van der Waals surface area (Å²) in [5.74, 6) is 0.876. The molecule has 1 aliphatic carbocycles. The molecule has 1 nitrogen and oxygen atoms in total. The second-order valence-electron chi connectivity index (χ2n) is 11.3. The fourth-order valence-corrected chi connectivity index (χ4v) is 7.04. The first-order valence-electron chi connectivity index (χ1n) is 14.5. The van der Waals surface area contributed by atoms with Crippen LogP contribution in [0.1, 0.15) is 44.4 Å². The lowest BCUT2D eigenvalue weighted by Gasteiger charge is -2.29. The van der Waals surface area contributed by atoms with E-state index in [-0.39, 0.29) is 5.41 Å². The third kappa shape index (κ3) is 5.25. The van der Waals surface area contributed by atoms with Gasteiger partial charge in [-0.25, -0.2) is 0 Å². The second kappa shape index (κ2) is 11.5. The summed E-state index contributed by atoms with van der Waals surface area (Å²) in [5.41, 5.74) is 13.0. The largest absolute Gasteiger partial charge is 0.313 e. The van der Waals surface area contributed by atoms with Crippen molar-refractivity contribution in [1.29, 1.82) is 0 Å². The fraction of sp³-hybridized carbons (Fsp3) is 0.179. The minimum atomic E-state index is 0.0184. The first-order chi connectivity index (χ1) is 20.0. The molecule has 0 aromatic heterocycles. The Bertz CT molecular complexity index is 1680. The van der Waals surface area contributed by atoms with E-state index in [9.17, 15) is 0 Å². The van der Waals surface area contributed by atoms with E-state index < -0.39 is 0 Å². The van der Waals surface area contributed by atoms with Gasteiger partial charge < -0.3 is 4.90 Å². The summed E-state index contributed by atoms with van der Waals surface area (Å²) in [6.45, 7) is 9.09. The molecule has 1 aliphatic heterocycles. The number of nitrogens with zero attached hydrogens (tertiary/aromatic N) is 1. The maximum atomic E-state index is 2.45. The Morgan fingerprint density at radius 2 is 1.51 bits per heavy atom. The Balaban J connectivity index is 1.47. The van der Waals surface area contributed by atoms with Gasteiger partial charge >= 0.3 is 0 Å². The fourth-order valence-electron chi connectivity index (χ4n) is 6.00. The number of hydrogen-bond acceptors (Lipinski definition) is 2. The average molecular weight is 552 g/mol. The SMILES string of the molecule is C/C=C\C1=C(C)C(C)(C)c2ccc(N(/C3=C/C=C\Cc4ccccc4SC3)c3ccc(-c4ccccc4)cc3)cc21. The third-order valence-electron chi connectivity index (χ3n) is 8.53. The summed E-state index contributed by atoms with van der Waals surface area (Å²) >= 11 is 1.93. The van der Waals surface area contributed by atoms with Crippen LogP contribution in [-0.2, 0) is 11.8 Å². The van der Waals surface area contributed by atoms with Crippen molar-refractivity contribution in [3.05, 3.63) is 155 Å². The van der Waals surface area contributed by atoms with Crippen LogP contribution in [0.2, 0.25) is 0 Å². The highest BCUT2D eigenvalue weighted by atomic mass is 32.2. The minimum absolute atomic E-state index is 0.0184. The predicted octanol–water partition coefficient (Wildman–Crippen LogP) is 10.9. The van der Waals surface area contributed by atoms with E-state index in [2.05, 4.69) is 160 Å². The van der Waals surface area contributed by atoms with Crippen molar-refractivity contribution in [2.45, 2.75) is 44.4 Å². The van der Waals surface area contributed by atoms with Crippen LogP contribution < -0.4 is 4.90 Å². The number of allylic oxidation sites excluding steroid dienone is 7. The van der Waals surface area contributed by atoms with Crippen LogP contribution >= 0.6 is 11.8 Å². The van der Waals surface area contributed by atoms with Crippen LogP contribution in [0.5, 0.6) is 0 Å². The summed E-state index contributed by atoms with van der Waals surface area (Å²) in [4.78, 5) is 3.81. The van der Waals surface area contributed by atoms with Gasteiger partial charge in [-0.05, 0) is 90.1 Å². The van der Waals surface area contributed by atoms with Crippen LogP contribution in [0.25, 0.3) is 16.7 Å². The smallest absolute Gasteiger partial charge is 0.0465 e. The topological polar surface area (TPSA) is 3.24 Å². The van der Waals surface area contributed by atoms with E-state index in [1.165, 1.54) is 60.9 Å². The molecule has 2 heteroatoms. The van der Waals surface area contributed by atoms with Crippen LogP contribution in [0.3, 0.4) is 0 Å². The molecule has 0 bridgehead atoms. The van der Waals surface area contributed by atoms with Crippen LogP contribution in [0, 0.1) is 0 Å². The molecule has 1 heterocycles. The number of fused-ring (bicyclic) bond motifs is 2. The molecule has 0 N–H and O–H groups in total. The van der Waals surface area contributed by atoms with E-state index in [0.29, 0.717) is 0 Å². The van der Waals surface area contributed by atoms with Crippen molar-refractivity contribution in [2.75, 3.05) is 10.7 Å². The lowest BCUT2D eigenvalue weighted by Crippen LogP contribution is -2.19. The van der Waals surface area contributed by atoms with E-state index in [1.807, 2.05) is 11.8 Å². The molecule has 4 aromatic carbocycles. The number of rotatable bonds is 5. The Labute approximate surface area is 249 Å². The monoisotopic (exact) mass is 551 g/mol. The van der Waals surface area contributed by atoms with Crippen molar-refractivity contribution in [3.8, 4) is 11.1 Å². The molecule has 0 unspecified atom stereocenters. The van der Waals surface area contributed by atoms with E-state index in [1.54, 1.807) is 0 Å². The van der Waals surface area contributed by atoms with Gasteiger partial charge in [0, 0.05) is 33.1 Å². The minimum Gasteiger partial charge on any atom is -0.313 e. The normalized spacial score (nSPS) is 18.1. The summed E-state index contributed by atoms with van der Waals surface area (Å²) in [7, 11) is 0. The summed E-state index contributed by atoms with van der Waals surface area (Å²) in [6, 6.07) is 35.5. The highest BCUT2D eigenvalue weighted by Crippen LogP contribution is 2.48. The molecule has 0 amide bonds. The molecular formula is C39H37NS. The molecular weight excluding hydrogens is 515 g/mol. The maximum Gasteiger partial charge on any atom is 0.0465 e. The first-order valence-corrected chi connectivity index (χ1v) is 15.5. The van der Waals surface area contributed by atoms with Crippen molar-refractivity contribution in [1.82, 2.24) is 0 Å². The van der Waals surface area contributed by atoms with E-state index in [0.717, 1.165) is 12.2 Å². The van der Waals surface area contributed by atoms with Crippen LogP contribution in [0.15, 0.2) is 144 Å². The highest BCUT2D eigenvalue weighted by Gasteiger charge is 2.34. The van der Waals surface area contributed by atoms with Gasteiger partial charge in [0.2, 0.25) is 0 Å². The van der Waals surface area contributed by atoms with Crippen molar-refractivity contribution in [3.63, 3.8) is 0 Å². The lowest BCUT2D eigenvalue weighted by molar-refractivity contribution is 0.639. The second-order valence-corrected chi connectivity index (χ2v) is 12.3. The zero-order valence-electron chi connectivity index (χ0n) is 24.4. The predicted molar refractivity (Wildman–Crippen MR) is 179 cm³/mol. The molecule has 0 fully saturated rings. The molecule has 0 saturated heterocycles. The number of hydrogen-bond donors (Lipinski definition) is 0. The van der Waals surface area contributed by atoms with Crippen molar-refractivity contribution >= 4 is 28.7 Å². The molecule has 0 saturated carbocycles. The molecule has 4 aromatic rings. The molecule has 0 atom stereocenters. The molecule has 2 aliphatic rings. The van der Waals surface area contributed by atoms with Gasteiger partial charge in [-0.3, -0.25) is 0 Å². The lowest BCUT2D eigenvalue weighted by atomic mass is 9.82. The molecule has 41 heavy (non-hydrogen) atoms. The summed E-state index contributed by atoms with van der Waals surface area (Å²) in [6.07, 6.45) is 12.2. The zero-order valence-corrected chi connectivity index (χ0v) is 25.2. The van der Waals surface area contributed by atoms with Gasteiger partial charge in [0.05, 0.1) is 0 Å². The zero-order chi connectivity index (χ0) is 28.4. The number of anilines is 2. The molecule has 0 radical (unpaired) electrons. The van der Waals surface area contributed by atoms with Gasteiger partial charge in [0.1, 0.15) is 0 Å². The van der Waals surface area contributed by atoms with Crippen LogP contribution in [0.4, 0.5) is 11.4 Å². The Hall–Kier alpha value is -4.01. The van der Waals surface area contributed by atoms with Gasteiger partial charge in [0.15, 0.2) is 0 Å². The molecule has 204 valence electrons. The standard InChI is InChI=1S/C39H37NS/c1-5-13-35-28(2)39(3,4)37-25-24-33(26-36(35)37)40(32-22-20-30(21-23-32)29-14-7-6-8-15-29)34-18-11-9-16-31-17-10-12-19-38(31)41-27-34/h5-15,17-26H,16,27H2,1-4H3/b11-9-,13-5-,34-18+. The Kier molecular flexibility index (Phi) is 7.60. The van der Waals surface area contributed by atoms with Crippen LogP contribution in [-0.4, -0.2) is 5.75 Å². The number of thioether (sulfide) groups is 1. The average Bonchev–Trinajstić information content (AvgIpc) is 3.25. The van der Waals surface area contributed by atoms with Crippen molar-refractivity contribution in [2.24, 2.45) is 0 Å². The van der Waals surface area contributed by atoms with Gasteiger partial charge in [0.25, 0.3) is 0 Å². The Morgan fingerprint density at radius 3 is 2.29 bits per heavy atom. The summed E-state index contributed by atoms with van der Waals surface area (Å²) in [5, 5.41) is 0. The van der Waals surface area contributed by atoms with Gasteiger partial charge in [-0.1, -0.05) is 110 Å². The van der Waals surface area contributed by atoms with Gasteiger partial charge in [-0.2, -0.15) is 0 Å². The Morgan fingerprint density at radius 1 is 0.805 bits per heavy atom. The molecule has 6 rings (SSSR count). The molecule has 0 spiro atoms. The van der Waals surface area contributed by atoms with Crippen molar-refractivity contribution < 1.29 is 0 Å². The quantitative estimate of drug-likeness (QED) is 0.243. The summed E-state index contributed by atoms with van der Waals surface area (Å²) < 4.78 is 0. The highest BCUT2D eigenvalue weighted by molar-refractivity contribution is 7.99. The van der Waals surface area contributed by atoms with E-state index >= 15 is 0 Å². The third-order valence-corrected chi connectivity index (χ3v) is 9.68. The first kappa shape index (κ1) is 27.2.